The van der Waals surface area contributed by atoms with Gasteiger partial charge in [-0.1, -0.05) is 35.3 Å². The Balaban J connectivity index is 1.71. The number of nitrogens with zero attached hydrogens (tertiary/aromatic N) is 3. The molecule has 4 rings (SSSR count). The first kappa shape index (κ1) is 17.5. The number of carbonyl (C=O) groups excluding carboxylic acids is 1. The third kappa shape index (κ3) is 3.93. The van der Waals surface area contributed by atoms with Crippen molar-refractivity contribution < 1.29 is 18.4 Å². The van der Waals surface area contributed by atoms with Gasteiger partial charge < -0.3 is 16.2 Å². The maximum absolute atomic E-state index is 15.1. The summed E-state index contributed by atoms with van der Waals surface area (Å²) in [5, 5.41) is 13.0. The number of anilines is 2. The summed E-state index contributed by atoms with van der Waals surface area (Å²) in [7, 11) is 0. The maximum Gasteiger partial charge on any atom is 0.257 e. The van der Waals surface area contributed by atoms with Crippen LogP contribution in [0.2, 0.25) is 10.2 Å². The minimum Gasteiger partial charge on any atom is -0.382 e. The molecule has 0 spiro atoms. The van der Waals surface area contributed by atoms with Crippen LogP contribution in [0.5, 0.6) is 0 Å². The third-order valence-corrected chi connectivity index (χ3v) is 5.05. The van der Waals surface area contributed by atoms with Gasteiger partial charge in [0.2, 0.25) is 0 Å². The molecular formula is C21H16Cl2FN5O2. The summed E-state index contributed by atoms with van der Waals surface area (Å²) < 4.78 is 39.4. The second-order valence-corrected chi connectivity index (χ2v) is 7.40. The molecule has 2 aromatic heterocycles. The van der Waals surface area contributed by atoms with E-state index >= 15 is 4.39 Å². The number of imidazole rings is 1. The fourth-order valence-corrected chi connectivity index (χ4v) is 3.53. The zero-order valence-electron chi connectivity index (χ0n) is 18.6. The van der Waals surface area contributed by atoms with E-state index in [-0.39, 0.29) is 39.0 Å². The lowest BCUT2D eigenvalue weighted by molar-refractivity contribution is -0.124. The monoisotopic (exact) mass is 462 g/mol. The highest BCUT2D eigenvalue weighted by molar-refractivity contribution is 6.30. The molecule has 31 heavy (non-hydrogen) atoms. The molecule has 0 fully saturated rings. The number of nitrogens with two attached hydrogens (primary N) is 1. The van der Waals surface area contributed by atoms with Crippen LogP contribution in [0.4, 0.5) is 15.9 Å². The molecule has 4 aromatic rings. The number of nitrogens with one attached hydrogen (secondary N) is 1. The van der Waals surface area contributed by atoms with Crippen molar-refractivity contribution in [1.29, 1.82) is 0 Å². The van der Waals surface area contributed by atoms with E-state index < -0.39 is 30.5 Å². The third-order valence-electron chi connectivity index (χ3n) is 4.55. The van der Waals surface area contributed by atoms with Crippen LogP contribution < -0.4 is 11.1 Å². The number of carbonyl (C=O) groups is 1. The molecule has 158 valence electrons. The molecule has 7 nitrogen and oxygen atoms in total. The topological polar surface area (TPSA) is 106 Å². The van der Waals surface area contributed by atoms with Gasteiger partial charge in [-0.2, -0.15) is 0 Å². The summed E-state index contributed by atoms with van der Waals surface area (Å²) in [6.07, 6.45) is -0.362. The Bertz CT molecular complexity index is 1430. The number of rotatable bonds is 4. The van der Waals surface area contributed by atoms with Crippen LogP contribution in [0.25, 0.3) is 16.8 Å². The summed E-state index contributed by atoms with van der Waals surface area (Å²) in [6, 6.07) is 9.81. The van der Waals surface area contributed by atoms with Gasteiger partial charge in [-0.25, -0.2) is 14.4 Å². The van der Waals surface area contributed by atoms with E-state index in [0.717, 1.165) is 10.5 Å². The van der Waals surface area contributed by atoms with Crippen LogP contribution in [0, 0.1) is 12.7 Å². The molecule has 10 heteroatoms. The van der Waals surface area contributed by atoms with Gasteiger partial charge in [0.15, 0.2) is 6.10 Å². The van der Waals surface area contributed by atoms with Gasteiger partial charge in [0, 0.05) is 20.4 Å². The Kier molecular flexibility index (Phi) is 4.59. The highest BCUT2D eigenvalue weighted by Crippen LogP contribution is 2.33. The Morgan fingerprint density at radius 3 is 2.84 bits per heavy atom. The summed E-state index contributed by atoms with van der Waals surface area (Å²) in [5.74, 6) is -2.12. The highest BCUT2D eigenvalue weighted by Gasteiger charge is 2.21. The number of aryl methyl sites for hydroxylation is 1. The minimum absolute atomic E-state index is 0.0330. The highest BCUT2D eigenvalue weighted by atomic mass is 35.5. The fourth-order valence-electron chi connectivity index (χ4n) is 3.12. The first-order valence-electron chi connectivity index (χ1n) is 10.3. The number of aliphatic hydroxyl groups excluding tert-OH is 1. The zero-order valence-corrected chi connectivity index (χ0v) is 17.1. The Morgan fingerprint density at radius 1 is 1.32 bits per heavy atom. The number of amides is 1. The van der Waals surface area contributed by atoms with Crippen molar-refractivity contribution in [2.24, 2.45) is 0 Å². The Morgan fingerprint density at radius 2 is 2.13 bits per heavy atom. The number of aliphatic hydroxyl groups is 1. The van der Waals surface area contributed by atoms with Gasteiger partial charge in [-0.3, -0.25) is 9.20 Å². The Labute approximate surface area is 190 Å². The van der Waals surface area contributed by atoms with Crippen LogP contribution in [-0.2, 0) is 4.79 Å². The van der Waals surface area contributed by atoms with Crippen LogP contribution >= 0.6 is 23.2 Å². The average molecular weight is 463 g/mol. The molecule has 2 heterocycles. The minimum atomic E-state index is -2.67. The van der Waals surface area contributed by atoms with Crippen molar-refractivity contribution in [3.63, 3.8) is 0 Å². The molecule has 0 aliphatic heterocycles. The molecule has 2 aromatic carbocycles. The maximum atomic E-state index is 15.1. The number of hydrogen-bond acceptors (Lipinski definition) is 5. The summed E-state index contributed by atoms with van der Waals surface area (Å²) in [5.41, 5.74) is 6.12. The molecule has 0 aliphatic carbocycles. The van der Waals surface area contributed by atoms with Crippen molar-refractivity contribution in [2.45, 2.75) is 13.0 Å². The van der Waals surface area contributed by atoms with Crippen LogP contribution in [0.3, 0.4) is 0 Å². The zero-order chi connectivity index (χ0) is 24.8. The summed E-state index contributed by atoms with van der Waals surface area (Å²) in [6.45, 7) is -2.67. The van der Waals surface area contributed by atoms with Crippen molar-refractivity contribution in [1.82, 2.24) is 14.4 Å². The van der Waals surface area contributed by atoms with Crippen LogP contribution in [0.15, 0.2) is 48.7 Å². The predicted molar refractivity (Wildman–Crippen MR) is 118 cm³/mol. The van der Waals surface area contributed by atoms with Crippen molar-refractivity contribution in [3.05, 3.63) is 76.0 Å². The molecular weight excluding hydrogens is 444 g/mol. The quantitative estimate of drug-likeness (QED) is 0.416. The van der Waals surface area contributed by atoms with Crippen molar-refractivity contribution in [3.8, 4) is 11.3 Å². The first-order valence-corrected chi connectivity index (χ1v) is 9.60. The number of halogens is 3. The largest absolute Gasteiger partial charge is 0.382 e. The molecule has 4 N–H and O–H groups in total. The number of benzene rings is 2. The molecule has 0 unspecified atom stereocenters. The van der Waals surface area contributed by atoms with Crippen molar-refractivity contribution >= 4 is 46.1 Å². The number of nitrogen functional groups attached to an aromatic ring is 1. The number of fused-ring (bicyclic) bond motifs is 1. The van der Waals surface area contributed by atoms with Crippen LogP contribution in [0.1, 0.15) is 21.6 Å². The SMILES string of the molecule is [2H]C([2H])([2H])c1nc(-c2ccc(NC(=O)[C@H](O)c3cccc(Cl)c3)cc2F)c2c(N)ncc(Cl)n12. The van der Waals surface area contributed by atoms with E-state index in [2.05, 4.69) is 15.3 Å². The van der Waals surface area contributed by atoms with Crippen molar-refractivity contribution in [2.75, 3.05) is 11.1 Å². The number of hydrogen-bond donors (Lipinski definition) is 3. The standard InChI is InChI=1S/C21H16Cl2FN5O2/c1-10-27-17(18-20(25)26-9-16(23)29(10)18)14-6-5-13(8-15(14)24)28-21(31)19(30)11-3-2-4-12(22)7-11/h2-9,19,30H,1H3,(H2,25,26)(H,28,31)/t19-/m1/s1/i1D3. The first-order chi connectivity index (χ1) is 16.0. The lowest BCUT2D eigenvalue weighted by Crippen LogP contribution is -2.20. The summed E-state index contributed by atoms with van der Waals surface area (Å²) in [4.78, 5) is 20.4. The molecule has 0 aliphatic rings. The van der Waals surface area contributed by atoms with Gasteiger partial charge in [0.25, 0.3) is 5.91 Å². The second-order valence-electron chi connectivity index (χ2n) is 6.58. The van der Waals surface area contributed by atoms with Gasteiger partial charge in [0.1, 0.15) is 33.8 Å². The van der Waals surface area contributed by atoms with E-state index in [1.807, 2.05) is 0 Å². The van der Waals surface area contributed by atoms with Gasteiger partial charge in [-0.15, -0.1) is 0 Å². The molecule has 1 atom stereocenters. The predicted octanol–water partition coefficient (Wildman–Crippen LogP) is 4.40. The molecule has 0 radical (unpaired) electrons. The van der Waals surface area contributed by atoms with E-state index in [0.29, 0.717) is 5.02 Å². The number of aromatic nitrogens is 3. The van der Waals surface area contributed by atoms with E-state index in [1.165, 1.54) is 30.5 Å². The Hall–Kier alpha value is -3.20. The van der Waals surface area contributed by atoms with Gasteiger partial charge in [-0.05, 0) is 42.7 Å². The summed E-state index contributed by atoms with van der Waals surface area (Å²) >= 11 is 12.0. The molecule has 0 saturated carbocycles. The molecule has 1 amide bonds. The van der Waals surface area contributed by atoms with E-state index in [9.17, 15) is 9.90 Å². The lowest BCUT2D eigenvalue weighted by Gasteiger charge is -2.13. The van der Waals surface area contributed by atoms with E-state index in [4.69, 9.17) is 33.0 Å². The fraction of sp³-hybridized carbons (Fsp3) is 0.0952. The molecule has 0 bridgehead atoms. The average Bonchev–Trinajstić information content (AvgIpc) is 3.18. The molecule has 0 saturated heterocycles. The van der Waals surface area contributed by atoms with Gasteiger partial charge >= 0.3 is 0 Å². The smallest absolute Gasteiger partial charge is 0.257 e. The normalized spacial score (nSPS) is 14.0. The van der Waals surface area contributed by atoms with Crippen LogP contribution in [-0.4, -0.2) is 25.4 Å². The van der Waals surface area contributed by atoms with E-state index in [1.54, 1.807) is 12.1 Å². The lowest BCUT2D eigenvalue weighted by atomic mass is 10.1. The second kappa shape index (κ2) is 8.14. The van der Waals surface area contributed by atoms with Gasteiger partial charge in [0.05, 0.1) is 6.20 Å².